The number of sulfone groups is 1. The minimum Gasteiger partial charge on any atom is -0.382 e. The third kappa shape index (κ3) is 6.89. The Bertz CT molecular complexity index is 1560. The van der Waals surface area contributed by atoms with Crippen molar-refractivity contribution in [3.63, 3.8) is 0 Å². The van der Waals surface area contributed by atoms with Crippen LogP contribution in [0.15, 0.2) is 36.9 Å². The van der Waals surface area contributed by atoms with Gasteiger partial charge in [0, 0.05) is 31.0 Å². The van der Waals surface area contributed by atoms with E-state index in [4.69, 9.17) is 0 Å². The zero-order valence-electron chi connectivity index (χ0n) is 22.1. The van der Waals surface area contributed by atoms with Crippen LogP contribution < -0.4 is 16.0 Å². The average Bonchev–Trinajstić information content (AvgIpc) is 3.61. The number of aromatic nitrogens is 5. The number of carbonyl (C=O) groups excluding carboxylic acids is 1. The minimum atomic E-state index is -3.50. The number of nitrogens with one attached hydrogen (secondary N) is 3. The maximum Gasteiger partial charge on any atom is 0.256 e. The van der Waals surface area contributed by atoms with Gasteiger partial charge >= 0.3 is 0 Å². The zero-order valence-corrected chi connectivity index (χ0v) is 23.8. The van der Waals surface area contributed by atoms with Crippen molar-refractivity contribution in [3.05, 3.63) is 42.5 Å². The molecule has 0 atom stereocenters. The summed E-state index contributed by atoms with van der Waals surface area (Å²) in [5.74, 6) is 0.479. The number of carbonyl (C=O) groups is 1. The quantitative estimate of drug-likeness (QED) is 0.288. The fourth-order valence-corrected chi connectivity index (χ4v) is 5.88. The first-order valence-electron chi connectivity index (χ1n) is 12.5. The summed E-state index contributed by atoms with van der Waals surface area (Å²) >= 11 is 0. The van der Waals surface area contributed by atoms with Gasteiger partial charge in [0.25, 0.3) is 15.9 Å². The van der Waals surface area contributed by atoms with E-state index in [1.54, 1.807) is 26.0 Å². The van der Waals surface area contributed by atoms with E-state index in [2.05, 4.69) is 36.0 Å². The standard InChI is InChI=1S/C24H32N8O5S2/c1-15(2)29-20-11-22(27-13-19(20)24(33)26-9-10-38(34,35)16(3)4)30-21-7-8-25-23(31-21)17-12-28-32(14-17)39(36,37)18-5-6-18/h7-8,11-16,18H,5-6,9-10H2,1-4H3,(H,26,33)(H2,25,27,29,30,31). The first kappa shape index (κ1) is 28.4. The van der Waals surface area contributed by atoms with Crippen molar-refractivity contribution in [3.8, 4) is 11.4 Å². The number of rotatable bonds is 12. The van der Waals surface area contributed by atoms with Crippen LogP contribution in [-0.2, 0) is 19.9 Å². The fourth-order valence-electron chi connectivity index (χ4n) is 3.55. The fraction of sp³-hybridized carbons (Fsp3) is 0.458. The van der Waals surface area contributed by atoms with Crippen molar-refractivity contribution in [2.45, 2.75) is 57.1 Å². The van der Waals surface area contributed by atoms with Gasteiger partial charge in [0.1, 0.15) is 11.6 Å². The van der Waals surface area contributed by atoms with E-state index in [0.29, 0.717) is 35.7 Å². The monoisotopic (exact) mass is 576 g/mol. The molecule has 210 valence electrons. The lowest BCUT2D eigenvalue weighted by atomic mass is 10.2. The maximum atomic E-state index is 12.8. The minimum absolute atomic E-state index is 0.00206. The highest BCUT2D eigenvalue weighted by molar-refractivity contribution is 7.92. The second-order valence-corrected chi connectivity index (χ2v) is 14.6. The molecule has 39 heavy (non-hydrogen) atoms. The Balaban J connectivity index is 1.50. The maximum absolute atomic E-state index is 12.8. The summed E-state index contributed by atoms with van der Waals surface area (Å²) in [7, 11) is -6.78. The third-order valence-electron chi connectivity index (χ3n) is 5.92. The van der Waals surface area contributed by atoms with E-state index in [0.717, 1.165) is 4.09 Å². The topological polar surface area (TPSA) is 178 Å². The third-order valence-corrected chi connectivity index (χ3v) is 10.2. The van der Waals surface area contributed by atoms with Crippen LogP contribution in [-0.4, -0.2) is 75.7 Å². The molecule has 1 aliphatic rings. The lowest BCUT2D eigenvalue weighted by molar-refractivity contribution is 0.0956. The van der Waals surface area contributed by atoms with Crippen molar-refractivity contribution < 1.29 is 21.6 Å². The molecule has 3 aromatic heterocycles. The van der Waals surface area contributed by atoms with Crippen LogP contribution in [0.2, 0.25) is 0 Å². The van der Waals surface area contributed by atoms with E-state index in [9.17, 15) is 21.6 Å². The molecule has 13 nitrogen and oxygen atoms in total. The molecule has 3 N–H and O–H groups in total. The van der Waals surface area contributed by atoms with Gasteiger partial charge in [-0.15, -0.1) is 0 Å². The van der Waals surface area contributed by atoms with Crippen LogP contribution >= 0.6 is 0 Å². The predicted octanol–water partition coefficient (Wildman–Crippen LogP) is 2.19. The lowest BCUT2D eigenvalue weighted by Crippen LogP contribution is -2.32. The summed E-state index contributed by atoms with van der Waals surface area (Å²) in [6, 6.07) is 3.28. The predicted molar refractivity (Wildman–Crippen MR) is 148 cm³/mol. The van der Waals surface area contributed by atoms with Gasteiger partial charge in [0.05, 0.1) is 45.5 Å². The second kappa shape index (κ2) is 11.3. The molecule has 3 heterocycles. The summed E-state index contributed by atoms with van der Waals surface area (Å²) in [6.07, 6.45) is 6.99. The van der Waals surface area contributed by atoms with E-state index in [1.165, 1.54) is 24.8 Å². The molecule has 0 aliphatic heterocycles. The SMILES string of the molecule is CC(C)Nc1cc(Nc2ccnc(-c3cnn(S(=O)(=O)C4CC4)c3)n2)ncc1C(=O)NCCS(=O)(=O)C(C)C. The molecule has 3 aromatic rings. The smallest absolute Gasteiger partial charge is 0.256 e. The van der Waals surface area contributed by atoms with Crippen LogP contribution in [0.1, 0.15) is 50.9 Å². The van der Waals surface area contributed by atoms with Crippen molar-refractivity contribution in [2.75, 3.05) is 22.9 Å². The van der Waals surface area contributed by atoms with Crippen LogP contribution in [0.5, 0.6) is 0 Å². The number of hydrogen-bond acceptors (Lipinski definition) is 11. The number of anilines is 3. The second-order valence-electron chi connectivity index (χ2n) is 9.82. The molecule has 0 unspecified atom stereocenters. The van der Waals surface area contributed by atoms with Crippen LogP contribution in [0.4, 0.5) is 17.3 Å². The molecule has 1 aliphatic carbocycles. The summed E-state index contributed by atoms with van der Waals surface area (Å²) in [6.45, 7) is 7.04. The first-order chi connectivity index (χ1) is 18.4. The van der Waals surface area contributed by atoms with E-state index >= 15 is 0 Å². The van der Waals surface area contributed by atoms with Gasteiger partial charge in [0.15, 0.2) is 15.7 Å². The molecule has 1 saturated carbocycles. The molecule has 0 aromatic carbocycles. The van der Waals surface area contributed by atoms with Crippen molar-refractivity contribution in [1.29, 1.82) is 0 Å². The average molecular weight is 577 g/mol. The van der Waals surface area contributed by atoms with Gasteiger partial charge in [-0.1, -0.05) is 0 Å². The Morgan fingerprint density at radius 2 is 1.82 bits per heavy atom. The van der Waals surface area contributed by atoms with Gasteiger partial charge < -0.3 is 16.0 Å². The Morgan fingerprint density at radius 3 is 2.49 bits per heavy atom. The summed E-state index contributed by atoms with van der Waals surface area (Å²) in [5, 5.41) is 12.0. The number of amides is 1. The van der Waals surface area contributed by atoms with E-state index < -0.39 is 36.3 Å². The Kier molecular flexibility index (Phi) is 8.20. The summed E-state index contributed by atoms with van der Waals surface area (Å²) in [4.78, 5) is 25.8. The molecule has 0 radical (unpaired) electrons. The Morgan fingerprint density at radius 1 is 1.08 bits per heavy atom. The molecule has 0 saturated heterocycles. The number of hydrogen-bond donors (Lipinski definition) is 3. The number of pyridine rings is 1. The van der Waals surface area contributed by atoms with E-state index in [1.807, 2.05) is 13.8 Å². The van der Waals surface area contributed by atoms with Gasteiger partial charge in [-0.05, 0) is 46.6 Å². The molecular weight excluding hydrogens is 544 g/mol. The molecule has 4 rings (SSSR count). The van der Waals surface area contributed by atoms with Crippen LogP contribution in [0.25, 0.3) is 11.4 Å². The zero-order chi connectivity index (χ0) is 28.4. The van der Waals surface area contributed by atoms with Crippen LogP contribution in [0.3, 0.4) is 0 Å². The molecule has 0 spiro atoms. The van der Waals surface area contributed by atoms with Gasteiger partial charge in [-0.25, -0.2) is 31.8 Å². The van der Waals surface area contributed by atoms with Crippen molar-refractivity contribution in [1.82, 2.24) is 29.5 Å². The van der Waals surface area contributed by atoms with Crippen molar-refractivity contribution >= 4 is 43.1 Å². The molecule has 0 bridgehead atoms. The van der Waals surface area contributed by atoms with Crippen LogP contribution in [0, 0.1) is 0 Å². The molecular formula is C24H32N8O5S2. The largest absolute Gasteiger partial charge is 0.382 e. The van der Waals surface area contributed by atoms with Gasteiger partial charge in [-0.2, -0.15) is 9.19 Å². The molecule has 1 fully saturated rings. The summed E-state index contributed by atoms with van der Waals surface area (Å²) < 4.78 is 49.9. The molecule has 1 amide bonds. The lowest BCUT2D eigenvalue weighted by Gasteiger charge is -2.16. The van der Waals surface area contributed by atoms with Gasteiger partial charge in [-0.3, -0.25) is 4.79 Å². The Hall–Kier alpha value is -3.59. The normalized spacial score (nSPS) is 14.0. The highest BCUT2D eigenvalue weighted by Crippen LogP contribution is 2.30. The Labute approximate surface area is 227 Å². The van der Waals surface area contributed by atoms with E-state index in [-0.39, 0.29) is 29.7 Å². The summed E-state index contributed by atoms with van der Waals surface area (Å²) in [5.41, 5.74) is 1.22. The van der Waals surface area contributed by atoms with Gasteiger partial charge in [0.2, 0.25) is 0 Å². The molecule has 15 heteroatoms. The first-order valence-corrected chi connectivity index (χ1v) is 15.7. The van der Waals surface area contributed by atoms with Crippen molar-refractivity contribution in [2.24, 2.45) is 0 Å². The highest BCUT2D eigenvalue weighted by Gasteiger charge is 2.37. The highest BCUT2D eigenvalue weighted by atomic mass is 32.2. The number of nitrogens with zero attached hydrogens (tertiary/aromatic N) is 5.